The summed E-state index contributed by atoms with van der Waals surface area (Å²) in [4.78, 5) is 16.8. The zero-order valence-corrected chi connectivity index (χ0v) is 13.3. The van der Waals surface area contributed by atoms with Gasteiger partial charge < -0.3 is 5.32 Å². The average molecular weight is 301 g/mol. The van der Waals surface area contributed by atoms with E-state index in [4.69, 9.17) is 0 Å². The third kappa shape index (κ3) is 2.93. The SMILES string of the molecule is CC(C)(C)c1csc(NC(=O)c2ccc3c(c2)NCC3)n1. The summed E-state index contributed by atoms with van der Waals surface area (Å²) < 4.78 is 0. The number of anilines is 2. The number of fused-ring (bicyclic) bond motifs is 1. The van der Waals surface area contributed by atoms with E-state index in [1.54, 1.807) is 0 Å². The predicted octanol–water partition coefficient (Wildman–Crippen LogP) is 3.66. The molecule has 2 aromatic rings. The summed E-state index contributed by atoms with van der Waals surface area (Å²) in [6, 6.07) is 5.81. The number of thiazole rings is 1. The minimum atomic E-state index is -0.110. The topological polar surface area (TPSA) is 54.0 Å². The first-order valence-corrected chi connectivity index (χ1v) is 7.95. The van der Waals surface area contributed by atoms with E-state index in [1.165, 1.54) is 16.9 Å². The fraction of sp³-hybridized carbons (Fsp3) is 0.375. The molecular weight excluding hydrogens is 282 g/mol. The number of hydrogen-bond acceptors (Lipinski definition) is 4. The molecule has 0 unspecified atom stereocenters. The van der Waals surface area contributed by atoms with E-state index in [-0.39, 0.29) is 11.3 Å². The number of nitrogens with zero attached hydrogens (tertiary/aromatic N) is 1. The van der Waals surface area contributed by atoms with Crippen molar-refractivity contribution in [3.63, 3.8) is 0 Å². The highest BCUT2D eigenvalue weighted by molar-refractivity contribution is 7.14. The van der Waals surface area contributed by atoms with Crippen LogP contribution < -0.4 is 10.6 Å². The number of hydrogen-bond donors (Lipinski definition) is 2. The number of aromatic nitrogens is 1. The van der Waals surface area contributed by atoms with Crippen LogP contribution in [-0.2, 0) is 11.8 Å². The molecule has 0 radical (unpaired) electrons. The molecule has 0 saturated heterocycles. The van der Waals surface area contributed by atoms with Crippen molar-refractivity contribution in [2.24, 2.45) is 0 Å². The minimum Gasteiger partial charge on any atom is -0.384 e. The molecule has 0 fully saturated rings. The Morgan fingerprint density at radius 2 is 2.19 bits per heavy atom. The molecule has 0 aliphatic carbocycles. The molecule has 1 aromatic carbocycles. The molecule has 1 aromatic heterocycles. The van der Waals surface area contributed by atoms with Crippen molar-refractivity contribution in [2.45, 2.75) is 32.6 Å². The number of rotatable bonds is 2. The first kappa shape index (κ1) is 14.1. The van der Waals surface area contributed by atoms with Crippen LogP contribution in [-0.4, -0.2) is 17.4 Å². The molecule has 0 atom stereocenters. The average Bonchev–Trinajstić information content (AvgIpc) is 3.04. The lowest BCUT2D eigenvalue weighted by atomic mass is 9.93. The highest BCUT2D eigenvalue weighted by atomic mass is 32.1. The molecule has 4 nitrogen and oxygen atoms in total. The van der Waals surface area contributed by atoms with E-state index in [0.717, 1.165) is 24.3 Å². The van der Waals surface area contributed by atoms with Gasteiger partial charge >= 0.3 is 0 Å². The first-order valence-electron chi connectivity index (χ1n) is 7.07. The first-order chi connectivity index (χ1) is 9.93. The van der Waals surface area contributed by atoms with Gasteiger partial charge in [-0.05, 0) is 24.1 Å². The summed E-state index contributed by atoms with van der Waals surface area (Å²) in [6.07, 6.45) is 1.03. The van der Waals surface area contributed by atoms with Gasteiger partial charge in [0, 0.05) is 28.6 Å². The Balaban J connectivity index is 1.76. The van der Waals surface area contributed by atoms with E-state index in [2.05, 4.69) is 36.4 Å². The van der Waals surface area contributed by atoms with E-state index in [0.29, 0.717) is 10.7 Å². The van der Waals surface area contributed by atoms with E-state index < -0.39 is 0 Å². The zero-order chi connectivity index (χ0) is 15.0. The lowest BCUT2D eigenvalue weighted by Crippen LogP contribution is -2.14. The number of amides is 1. The van der Waals surface area contributed by atoms with Gasteiger partial charge in [0.2, 0.25) is 0 Å². The molecule has 2 heterocycles. The number of carbonyl (C=O) groups excluding carboxylic acids is 1. The Bertz CT molecular complexity index is 685. The Kier molecular flexibility index (Phi) is 3.45. The molecule has 0 spiro atoms. The van der Waals surface area contributed by atoms with Gasteiger partial charge in [0.25, 0.3) is 5.91 Å². The molecule has 110 valence electrons. The minimum absolute atomic E-state index is 0.00301. The maximum atomic E-state index is 12.3. The molecular formula is C16H19N3OS. The van der Waals surface area contributed by atoms with Gasteiger partial charge in [-0.15, -0.1) is 11.3 Å². The van der Waals surface area contributed by atoms with Crippen molar-refractivity contribution in [3.05, 3.63) is 40.4 Å². The Morgan fingerprint density at radius 3 is 2.90 bits per heavy atom. The Labute approximate surface area is 128 Å². The number of nitrogens with one attached hydrogen (secondary N) is 2. The summed E-state index contributed by atoms with van der Waals surface area (Å²) in [6.45, 7) is 7.28. The van der Waals surface area contributed by atoms with Gasteiger partial charge in [-0.25, -0.2) is 4.98 Å². The van der Waals surface area contributed by atoms with Crippen LogP contribution >= 0.6 is 11.3 Å². The van der Waals surface area contributed by atoms with Gasteiger partial charge in [-0.1, -0.05) is 26.8 Å². The molecule has 3 rings (SSSR count). The zero-order valence-electron chi connectivity index (χ0n) is 12.5. The Hall–Kier alpha value is -1.88. The predicted molar refractivity (Wildman–Crippen MR) is 87.4 cm³/mol. The summed E-state index contributed by atoms with van der Waals surface area (Å²) in [5, 5.41) is 8.82. The van der Waals surface area contributed by atoms with Crippen LogP contribution in [0.2, 0.25) is 0 Å². The van der Waals surface area contributed by atoms with Crippen LogP contribution in [0.25, 0.3) is 0 Å². The lowest BCUT2D eigenvalue weighted by molar-refractivity contribution is 0.102. The van der Waals surface area contributed by atoms with E-state index in [1.807, 2.05) is 23.6 Å². The summed E-state index contributed by atoms with van der Waals surface area (Å²) in [5.41, 5.74) is 4.00. The molecule has 0 saturated carbocycles. The Morgan fingerprint density at radius 1 is 1.38 bits per heavy atom. The largest absolute Gasteiger partial charge is 0.384 e. The molecule has 1 aliphatic heterocycles. The van der Waals surface area contributed by atoms with Crippen molar-refractivity contribution in [1.82, 2.24) is 4.98 Å². The molecule has 21 heavy (non-hydrogen) atoms. The second kappa shape index (κ2) is 5.15. The standard InChI is InChI=1S/C16H19N3OS/c1-16(2,3)13-9-21-15(18-13)19-14(20)11-5-4-10-6-7-17-12(10)8-11/h4-5,8-9,17H,6-7H2,1-3H3,(H,18,19,20). The molecule has 2 N–H and O–H groups in total. The van der Waals surface area contributed by atoms with Crippen molar-refractivity contribution in [1.29, 1.82) is 0 Å². The second-order valence-corrected chi connectivity index (χ2v) is 7.15. The fourth-order valence-electron chi connectivity index (χ4n) is 2.28. The van der Waals surface area contributed by atoms with Crippen LogP contribution in [0.1, 0.15) is 42.4 Å². The molecule has 5 heteroatoms. The maximum absolute atomic E-state index is 12.3. The summed E-state index contributed by atoms with van der Waals surface area (Å²) >= 11 is 1.47. The number of carbonyl (C=O) groups is 1. The fourth-order valence-corrected chi connectivity index (χ4v) is 3.21. The summed E-state index contributed by atoms with van der Waals surface area (Å²) in [7, 11) is 0. The van der Waals surface area contributed by atoms with Crippen LogP contribution in [0.4, 0.5) is 10.8 Å². The van der Waals surface area contributed by atoms with Crippen molar-refractivity contribution in [3.8, 4) is 0 Å². The summed E-state index contributed by atoms with van der Waals surface area (Å²) in [5.74, 6) is -0.110. The highest BCUT2D eigenvalue weighted by Crippen LogP contribution is 2.27. The third-order valence-corrected chi connectivity index (χ3v) is 4.33. The van der Waals surface area contributed by atoms with Gasteiger partial charge in [0.1, 0.15) is 0 Å². The van der Waals surface area contributed by atoms with E-state index in [9.17, 15) is 4.79 Å². The van der Waals surface area contributed by atoms with Gasteiger partial charge in [0.15, 0.2) is 5.13 Å². The normalized spacial score (nSPS) is 13.7. The smallest absolute Gasteiger partial charge is 0.257 e. The second-order valence-electron chi connectivity index (χ2n) is 6.29. The van der Waals surface area contributed by atoms with Gasteiger partial charge in [-0.2, -0.15) is 0 Å². The third-order valence-electron chi connectivity index (χ3n) is 3.57. The monoisotopic (exact) mass is 301 g/mol. The maximum Gasteiger partial charge on any atom is 0.257 e. The lowest BCUT2D eigenvalue weighted by Gasteiger charge is -2.14. The van der Waals surface area contributed by atoms with Crippen molar-refractivity contribution in [2.75, 3.05) is 17.2 Å². The molecule has 0 bridgehead atoms. The quantitative estimate of drug-likeness (QED) is 0.890. The van der Waals surface area contributed by atoms with E-state index >= 15 is 0 Å². The van der Waals surface area contributed by atoms with Gasteiger partial charge in [0.05, 0.1) is 5.69 Å². The van der Waals surface area contributed by atoms with Crippen molar-refractivity contribution < 1.29 is 4.79 Å². The molecule has 1 aliphatic rings. The van der Waals surface area contributed by atoms with Crippen LogP contribution in [0.3, 0.4) is 0 Å². The van der Waals surface area contributed by atoms with Crippen LogP contribution in [0, 0.1) is 0 Å². The highest BCUT2D eigenvalue weighted by Gasteiger charge is 2.19. The number of benzene rings is 1. The van der Waals surface area contributed by atoms with Gasteiger partial charge in [-0.3, -0.25) is 10.1 Å². The van der Waals surface area contributed by atoms with Crippen molar-refractivity contribution >= 4 is 28.1 Å². The van der Waals surface area contributed by atoms with Crippen LogP contribution in [0.5, 0.6) is 0 Å². The molecule has 1 amide bonds. The van der Waals surface area contributed by atoms with Crippen LogP contribution in [0.15, 0.2) is 23.6 Å².